The summed E-state index contributed by atoms with van der Waals surface area (Å²) in [6.45, 7) is 3.81. The van der Waals surface area contributed by atoms with Crippen LogP contribution in [0.4, 0.5) is 4.39 Å². The maximum absolute atomic E-state index is 12.9. The van der Waals surface area contributed by atoms with Crippen LogP contribution < -0.4 is 14.8 Å². The highest BCUT2D eigenvalue weighted by Crippen LogP contribution is 2.16. The number of hydrogen-bond donors (Lipinski definition) is 2. The van der Waals surface area contributed by atoms with Gasteiger partial charge in [0.05, 0.1) is 10.9 Å². The van der Waals surface area contributed by atoms with Crippen molar-refractivity contribution in [2.24, 2.45) is 0 Å². The van der Waals surface area contributed by atoms with Crippen molar-refractivity contribution in [3.8, 4) is 5.75 Å². The predicted molar refractivity (Wildman–Crippen MR) is 100 cm³/mol. The molecule has 6 nitrogen and oxygen atoms in total. The Morgan fingerprint density at radius 2 is 1.74 bits per heavy atom. The van der Waals surface area contributed by atoms with E-state index in [0.717, 1.165) is 5.56 Å². The molecule has 0 saturated heterocycles. The van der Waals surface area contributed by atoms with Gasteiger partial charge in [0.2, 0.25) is 10.0 Å². The molecule has 0 aliphatic rings. The molecule has 2 aromatic rings. The van der Waals surface area contributed by atoms with E-state index in [4.69, 9.17) is 4.74 Å². The minimum absolute atomic E-state index is 0.137. The number of amides is 1. The third-order valence-electron chi connectivity index (χ3n) is 3.79. The Bertz CT molecular complexity index is 852. The highest BCUT2D eigenvalue weighted by Gasteiger charge is 2.14. The largest absolute Gasteiger partial charge is 0.484 e. The number of rotatable bonds is 9. The van der Waals surface area contributed by atoms with Crippen molar-refractivity contribution in [2.75, 3.05) is 13.2 Å². The summed E-state index contributed by atoms with van der Waals surface area (Å²) in [6, 6.07) is 11.4. The van der Waals surface area contributed by atoms with Crippen molar-refractivity contribution in [1.29, 1.82) is 0 Å². The Morgan fingerprint density at radius 3 is 2.33 bits per heavy atom. The van der Waals surface area contributed by atoms with Gasteiger partial charge in [-0.3, -0.25) is 4.79 Å². The lowest BCUT2D eigenvalue weighted by Crippen LogP contribution is -2.31. The van der Waals surface area contributed by atoms with Crippen molar-refractivity contribution in [1.82, 2.24) is 10.0 Å². The lowest BCUT2D eigenvalue weighted by molar-refractivity contribution is -0.123. The van der Waals surface area contributed by atoms with Crippen LogP contribution in [0.15, 0.2) is 53.4 Å². The highest BCUT2D eigenvalue weighted by molar-refractivity contribution is 7.89. The van der Waals surface area contributed by atoms with Crippen LogP contribution in [0.2, 0.25) is 0 Å². The highest BCUT2D eigenvalue weighted by atomic mass is 32.2. The van der Waals surface area contributed by atoms with Gasteiger partial charge in [-0.25, -0.2) is 17.5 Å². The molecule has 1 unspecified atom stereocenters. The van der Waals surface area contributed by atoms with Crippen LogP contribution in [-0.2, 0) is 14.8 Å². The van der Waals surface area contributed by atoms with E-state index in [9.17, 15) is 17.6 Å². The molecular weight excluding hydrogens is 371 g/mol. The lowest BCUT2D eigenvalue weighted by atomic mass is 10.1. The molecule has 0 fully saturated rings. The summed E-state index contributed by atoms with van der Waals surface area (Å²) in [5.41, 5.74) is 0.777. The van der Waals surface area contributed by atoms with Gasteiger partial charge in [-0.05, 0) is 55.3 Å². The Hall–Kier alpha value is -2.45. The molecule has 1 amide bonds. The van der Waals surface area contributed by atoms with Crippen LogP contribution in [0.1, 0.15) is 31.9 Å². The maximum atomic E-state index is 12.9. The molecule has 0 radical (unpaired) electrons. The molecule has 146 valence electrons. The van der Waals surface area contributed by atoms with Crippen LogP contribution in [0.3, 0.4) is 0 Å². The second-order valence-corrected chi connectivity index (χ2v) is 7.77. The van der Waals surface area contributed by atoms with Crippen molar-refractivity contribution in [3.05, 3.63) is 59.9 Å². The molecule has 2 aromatic carbocycles. The molecule has 1 atom stereocenters. The van der Waals surface area contributed by atoms with Gasteiger partial charge in [0.15, 0.2) is 6.61 Å². The van der Waals surface area contributed by atoms with Gasteiger partial charge in [-0.15, -0.1) is 0 Å². The summed E-state index contributed by atoms with van der Waals surface area (Å²) in [7, 11) is -3.53. The van der Waals surface area contributed by atoms with Gasteiger partial charge in [0, 0.05) is 6.54 Å². The molecule has 0 aliphatic heterocycles. The SMILES string of the molecule is CCCNS(=O)(=O)c1ccc(OCC(=O)NC(C)c2ccc(F)cc2)cc1. The van der Waals surface area contributed by atoms with Crippen molar-refractivity contribution >= 4 is 15.9 Å². The third kappa shape index (κ3) is 6.33. The summed E-state index contributed by atoms with van der Waals surface area (Å²) in [4.78, 5) is 12.1. The van der Waals surface area contributed by atoms with Gasteiger partial charge >= 0.3 is 0 Å². The van der Waals surface area contributed by atoms with Gasteiger partial charge in [0.25, 0.3) is 5.91 Å². The van der Waals surface area contributed by atoms with Gasteiger partial charge in [0.1, 0.15) is 11.6 Å². The number of ether oxygens (including phenoxy) is 1. The molecule has 8 heteroatoms. The maximum Gasteiger partial charge on any atom is 0.258 e. The second kappa shape index (κ2) is 9.48. The zero-order valence-electron chi connectivity index (χ0n) is 15.2. The van der Waals surface area contributed by atoms with E-state index >= 15 is 0 Å². The first-order chi connectivity index (χ1) is 12.8. The summed E-state index contributed by atoms with van der Waals surface area (Å²) < 4.78 is 44.8. The second-order valence-electron chi connectivity index (χ2n) is 6.00. The van der Waals surface area contributed by atoms with Crippen LogP contribution in [0, 0.1) is 5.82 Å². The third-order valence-corrected chi connectivity index (χ3v) is 5.27. The first-order valence-electron chi connectivity index (χ1n) is 8.59. The normalized spacial score (nSPS) is 12.4. The van der Waals surface area contributed by atoms with Crippen molar-refractivity contribution in [3.63, 3.8) is 0 Å². The standard InChI is InChI=1S/C19H23FN2O4S/c1-3-12-21-27(24,25)18-10-8-17(9-11-18)26-13-19(23)22-14(2)15-4-6-16(20)7-5-15/h4-11,14,21H,3,12-13H2,1-2H3,(H,22,23). The lowest BCUT2D eigenvalue weighted by Gasteiger charge is -2.15. The quantitative estimate of drug-likeness (QED) is 0.685. The van der Waals surface area contributed by atoms with Crippen molar-refractivity contribution < 1.29 is 22.3 Å². The zero-order chi connectivity index (χ0) is 19.9. The fourth-order valence-electron chi connectivity index (χ4n) is 2.30. The minimum atomic E-state index is -3.53. The van der Waals surface area contributed by atoms with Crippen molar-refractivity contribution in [2.45, 2.75) is 31.2 Å². The van der Waals surface area contributed by atoms with E-state index in [1.807, 2.05) is 6.92 Å². The number of halogens is 1. The van der Waals surface area contributed by atoms with E-state index in [-0.39, 0.29) is 29.3 Å². The molecular formula is C19H23FN2O4S. The molecule has 2 rings (SSSR count). The van der Waals surface area contributed by atoms with E-state index in [2.05, 4.69) is 10.0 Å². The minimum Gasteiger partial charge on any atom is -0.484 e. The number of sulfonamides is 1. The molecule has 0 saturated carbocycles. The van der Waals surface area contributed by atoms with E-state index in [0.29, 0.717) is 18.7 Å². The summed E-state index contributed by atoms with van der Waals surface area (Å²) >= 11 is 0. The van der Waals surface area contributed by atoms with Crippen LogP contribution in [0.5, 0.6) is 5.75 Å². The fraction of sp³-hybridized carbons (Fsp3) is 0.316. The molecule has 0 aliphatic carbocycles. The van der Waals surface area contributed by atoms with E-state index in [1.54, 1.807) is 19.1 Å². The fourth-order valence-corrected chi connectivity index (χ4v) is 3.44. The summed E-state index contributed by atoms with van der Waals surface area (Å²) in [6.07, 6.45) is 0.700. The number of nitrogens with one attached hydrogen (secondary N) is 2. The number of hydrogen-bond acceptors (Lipinski definition) is 4. The zero-order valence-corrected chi connectivity index (χ0v) is 16.1. The number of benzene rings is 2. The van der Waals surface area contributed by atoms with Crippen LogP contribution >= 0.6 is 0 Å². The Morgan fingerprint density at radius 1 is 1.11 bits per heavy atom. The topological polar surface area (TPSA) is 84.5 Å². The summed E-state index contributed by atoms with van der Waals surface area (Å²) in [5, 5.41) is 2.75. The Balaban J connectivity index is 1.87. The molecule has 0 spiro atoms. The molecule has 0 aromatic heterocycles. The van der Waals surface area contributed by atoms with Gasteiger partial charge < -0.3 is 10.1 Å². The Kier molecular flexibility index (Phi) is 7.32. The number of carbonyl (C=O) groups excluding carboxylic acids is 1. The molecule has 27 heavy (non-hydrogen) atoms. The number of carbonyl (C=O) groups is 1. The van der Waals surface area contributed by atoms with Gasteiger partial charge in [-0.2, -0.15) is 0 Å². The van der Waals surface area contributed by atoms with E-state index < -0.39 is 10.0 Å². The molecule has 0 bridgehead atoms. The summed E-state index contributed by atoms with van der Waals surface area (Å²) in [5.74, 6) is -0.293. The average molecular weight is 394 g/mol. The van der Waals surface area contributed by atoms with E-state index in [1.165, 1.54) is 36.4 Å². The average Bonchev–Trinajstić information content (AvgIpc) is 2.65. The first-order valence-corrected chi connectivity index (χ1v) is 10.1. The van der Waals surface area contributed by atoms with Crippen LogP contribution in [0.25, 0.3) is 0 Å². The Labute approximate surface area is 158 Å². The predicted octanol–water partition coefficient (Wildman–Crippen LogP) is 2.77. The monoisotopic (exact) mass is 394 g/mol. The van der Waals surface area contributed by atoms with Gasteiger partial charge in [-0.1, -0.05) is 19.1 Å². The smallest absolute Gasteiger partial charge is 0.258 e. The first kappa shape index (κ1) is 20.9. The molecule has 2 N–H and O–H groups in total. The molecule has 0 heterocycles. The van der Waals surface area contributed by atoms with Crippen LogP contribution in [-0.4, -0.2) is 27.5 Å².